The van der Waals surface area contributed by atoms with Crippen LogP contribution in [0.3, 0.4) is 0 Å². The van der Waals surface area contributed by atoms with Crippen LogP contribution in [0.4, 0.5) is 0 Å². The second kappa shape index (κ2) is 17.0. The van der Waals surface area contributed by atoms with Gasteiger partial charge >= 0.3 is 39.0 Å². The summed E-state index contributed by atoms with van der Waals surface area (Å²) in [7, 11) is 0. The van der Waals surface area contributed by atoms with E-state index in [0.717, 1.165) is 0 Å². The molecule has 0 atom stereocenters. The summed E-state index contributed by atoms with van der Waals surface area (Å²) in [6.45, 7) is 22.0. The normalized spacial score (nSPS) is 8.08. The molecule has 0 amide bonds. The van der Waals surface area contributed by atoms with E-state index in [1.807, 2.05) is 0 Å². The van der Waals surface area contributed by atoms with Gasteiger partial charge in [-0.05, 0) is 0 Å². The number of rotatable bonds is 0. The minimum absolute atomic E-state index is 0. The summed E-state index contributed by atoms with van der Waals surface area (Å²) < 4.78 is 0. The molecule has 2 aromatic rings. The Morgan fingerprint density at radius 1 is 0.423 bits per heavy atom. The zero-order valence-corrected chi connectivity index (χ0v) is 23.7. The molecule has 0 saturated heterocycles. The van der Waals surface area contributed by atoms with Gasteiger partial charge in [-0.2, -0.15) is 55.6 Å². The van der Waals surface area contributed by atoms with Gasteiger partial charge in [-0.15, -0.1) is 24.8 Å². The Kier molecular flexibility index (Phi) is 27.1. The van der Waals surface area contributed by atoms with Crippen molar-refractivity contribution in [2.45, 2.75) is 69.2 Å². The molecular weight excluding hydrogens is 588 g/mol. The largest absolute Gasteiger partial charge is 3.00 e. The van der Waals surface area contributed by atoms with Crippen molar-refractivity contribution < 1.29 is 63.8 Å². The molecule has 2 rings (SSSR count). The van der Waals surface area contributed by atoms with Crippen LogP contribution in [0.2, 0.25) is 0 Å². The number of hydrogen-bond acceptors (Lipinski definition) is 0. The van der Waals surface area contributed by atoms with E-state index < -0.39 is 0 Å². The van der Waals surface area contributed by atoms with Crippen molar-refractivity contribution in [3.05, 3.63) is 55.6 Å². The van der Waals surface area contributed by atoms with E-state index in [1.54, 1.807) is 0 Å². The average molecular weight is 620 g/mol. The maximum absolute atomic E-state index is 2.20. The van der Waals surface area contributed by atoms with E-state index in [2.05, 4.69) is 69.2 Å². The molecule has 0 aliphatic carbocycles. The number of halogens is 4. The summed E-state index contributed by atoms with van der Waals surface area (Å²) in [4.78, 5) is 0. The molecule has 0 fully saturated rings. The first kappa shape index (κ1) is 41.5. The topological polar surface area (TPSA) is 0 Å². The van der Waals surface area contributed by atoms with Crippen molar-refractivity contribution in [1.82, 2.24) is 0 Å². The minimum atomic E-state index is 0. The maximum atomic E-state index is 2.20. The Hall–Kier alpha value is 1.11. The monoisotopic (exact) mass is 618 g/mol. The maximum Gasteiger partial charge on any atom is 3.00 e. The van der Waals surface area contributed by atoms with Crippen LogP contribution in [-0.4, -0.2) is 0 Å². The third-order valence-electron chi connectivity index (χ3n) is 5.62. The van der Waals surface area contributed by atoms with Gasteiger partial charge < -0.3 is 24.8 Å². The SMILES string of the molecule is Cc1c(C)c(C)[c-](C)c1C.Cc1c(C)c(C)[c-](C)c1C.Cl.Cl.[Cl-].[Cl-].[Rh+3].[Rh+3]. The van der Waals surface area contributed by atoms with Crippen LogP contribution in [0.15, 0.2) is 0 Å². The summed E-state index contributed by atoms with van der Waals surface area (Å²) in [5.41, 5.74) is 14.7. The Morgan fingerprint density at radius 2 is 0.538 bits per heavy atom. The smallest absolute Gasteiger partial charge is 1.00 e. The second-order valence-electron chi connectivity index (χ2n) is 6.25. The molecule has 0 spiro atoms. The molecular formula is C20H32Cl4Rh2+2. The van der Waals surface area contributed by atoms with E-state index in [0.29, 0.717) is 0 Å². The Balaban J connectivity index is -0.0000000625. The van der Waals surface area contributed by atoms with Gasteiger partial charge in [0, 0.05) is 0 Å². The summed E-state index contributed by atoms with van der Waals surface area (Å²) in [5.74, 6) is 0. The van der Waals surface area contributed by atoms with Crippen LogP contribution in [0, 0.1) is 69.2 Å². The summed E-state index contributed by atoms with van der Waals surface area (Å²) in [6.07, 6.45) is 0. The predicted octanol–water partition coefficient (Wildman–Crippen LogP) is 0.742. The first-order valence-corrected chi connectivity index (χ1v) is 7.50. The average Bonchev–Trinajstić information content (AvgIpc) is 2.71. The molecule has 0 unspecified atom stereocenters. The molecule has 0 heterocycles. The first-order valence-electron chi connectivity index (χ1n) is 7.50. The van der Waals surface area contributed by atoms with Gasteiger partial charge in [0.2, 0.25) is 0 Å². The zero-order valence-electron chi connectivity index (χ0n) is 17.2. The van der Waals surface area contributed by atoms with E-state index in [9.17, 15) is 0 Å². The van der Waals surface area contributed by atoms with Crippen LogP contribution in [0.25, 0.3) is 0 Å². The van der Waals surface area contributed by atoms with Gasteiger partial charge in [0.15, 0.2) is 0 Å². The molecule has 156 valence electrons. The van der Waals surface area contributed by atoms with Crippen molar-refractivity contribution in [3.8, 4) is 0 Å². The summed E-state index contributed by atoms with van der Waals surface area (Å²) >= 11 is 0. The minimum Gasteiger partial charge on any atom is -1.00 e. The van der Waals surface area contributed by atoms with Crippen LogP contribution in [-0.2, 0) is 39.0 Å². The molecule has 0 radical (unpaired) electrons. The third-order valence-corrected chi connectivity index (χ3v) is 5.62. The first-order chi connectivity index (χ1) is 9.11. The summed E-state index contributed by atoms with van der Waals surface area (Å²) in [6, 6.07) is 0. The van der Waals surface area contributed by atoms with Crippen LogP contribution < -0.4 is 24.8 Å². The van der Waals surface area contributed by atoms with Crippen molar-refractivity contribution in [2.75, 3.05) is 0 Å². The molecule has 6 heteroatoms. The van der Waals surface area contributed by atoms with Crippen molar-refractivity contribution in [3.63, 3.8) is 0 Å². The predicted molar refractivity (Wildman–Crippen MR) is 106 cm³/mol. The van der Waals surface area contributed by atoms with Gasteiger partial charge in [-0.25, -0.2) is 0 Å². The molecule has 26 heavy (non-hydrogen) atoms. The molecule has 0 aliphatic rings. The van der Waals surface area contributed by atoms with Crippen LogP contribution in [0.5, 0.6) is 0 Å². The van der Waals surface area contributed by atoms with E-state index in [1.165, 1.54) is 55.6 Å². The molecule has 0 nitrogen and oxygen atoms in total. The van der Waals surface area contributed by atoms with Crippen molar-refractivity contribution >= 4 is 24.8 Å². The Morgan fingerprint density at radius 3 is 0.577 bits per heavy atom. The fraction of sp³-hybridized carbons (Fsp3) is 0.500. The van der Waals surface area contributed by atoms with Crippen molar-refractivity contribution in [1.29, 1.82) is 0 Å². The van der Waals surface area contributed by atoms with Crippen LogP contribution >= 0.6 is 24.8 Å². The van der Waals surface area contributed by atoms with Gasteiger partial charge in [0.25, 0.3) is 0 Å². The molecule has 0 N–H and O–H groups in total. The van der Waals surface area contributed by atoms with Crippen LogP contribution in [0.1, 0.15) is 55.6 Å². The Bertz CT molecular complexity index is 424. The van der Waals surface area contributed by atoms with Gasteiger partial charge in [-0.3, -0.25) is 0 Å². The van der Waals surface area contributed by atoms with Gasteiger partial charge in [0.05, 0.1) is 0 Å². The van der Waals surface area contributed by atoms with Crippen molar-refractivity contribution in [2.24, 2.45) is 0 Å². The summed E-state index contributed by atoms with van der Waals surface area (Å²) in [5, 5.41) is 0. The van der Waals surface area contributed by atoms with Gasteiger partial charge in [-0.1, -0.05) is 69.2 Å². The van der Waals surface area contributed by atoms with E-state index >= 15 is 0 Å². The standard InChI is InChI=1S/2C10H15.4ClH.2Rh/c2*1-6-7(2)9(4)10(5)8(6)3;;;;;;/h2*1-5H3;4*1H;;/q2*-1;;;;;2*+3/p-2. The molecule has 0 aliphatic heterocycles. The number of hydrogen-bond donors (Lipinski definition) is 0. The molecule has 0 aromatic heterocycles. The molecule has 0 saturated carbocycles. The second-order valence-corrected chi connectivity index (χ2v) is 6.25. The van der Waals surface area contributed by atoms with E-state index in [4.69, 9.17) is 0 Å². The zero-order chi connectivity index (χ0) is 15.8. The Labute approximate surface area is 212 Å². The fourth-order valence-corrected chi connectivity index (χ4v) is 2.81. The van der Waals surface area contributed by atoms with E-state index in [-0.39, 0.29) is 88.6 Å². The molecule has 2 aromatic carbocycles. The molecule has 0 bridgehead atoms. The quantitative estimate of drug-likeness (QED) is 0.302. The van der Waals surface area contributed by atoms with Gasteiger partial charge in [0.1, 0.15) is 0 Å². The third kappa shape index (κ3) is 8.63. The fourth-order valence-electron chi connectivity index (χ4n) is 2.81.